The van der Waals surface area contributed by atoms with Gasteiger partial charge in [0.2, 0.25) is 0 Å². The van der Waals surface area contributed by atoms with Crippen molar-refractivity contribution in [2.45, 2.75) is 46.9 Å². The molecule has 0 aliphatic carbocycles. The number of phenols is 1. The zero-order valence-electron chi connectivity index (χ0n) is 44.3. The minimum atomic E-state index is -2.49. The second-order valence-corrected chi connectivity index (χ2v) is 15.8. The Hall–Kier alpha value is -7.04. The zero-order chi connectivity index (χ0) is 50.3. The first kappa shape index (κ1) is 26.8. The van der Waals surface area contributed by atoms with Crippen LogP contribution in [0.25, 0.3) is 83.9 Å². The van der Waals surface area contributed by atoms with Gasteiger partial charge in [0, 0.05) is 27.0 Å². The SMILES string of the molecule is [2H]c1nc(-c2cc(-c3cccc4c3nc(-c3cc(C)cc(C)c3O)n4-c3cc(-c4ccccc4)c(C([2H])([2H])[2H])cc3-c3ccccc3)cc(C(C)(C)C)c2)c([2H])c(-c2c([2H])c([2H])c([2H])c([2H])c2[2H])c1[2H]. The molecule has 4 heteroatoms. The van der Waals surface area contributed by atoms with E-state index in [0.717, 1.165) is 16.7 Å². The smallest absolute Gasteiger partial charge is 0.149 e. The number of fused-ring (bicyclic) bond motifs is 1. The molecule has 7 aromatic carbocycles. The highest BCUT2D eigenvalue weighted by Gasteiger charge is 2.25. The van der Waals surface area contributed by atoms with Gasteiger partial charge in [0.05, 0.1) is 38.9 Å². The van der Waals surface area contributed by atoms with Crippen LogP contribution in [-0.2, 0) is 5.41 Å². The highest BCUT2D eigenvalue weighted by atomic mass is 16.3. The lowest BCUT2D eigenvalue weighted by Gasteiger charge is -2.22. The summed E-state index contributed by atoms with van der Waals surface area (Å²) in [6.07, 6.45) is -0.539. The lowest BCUT2D eigenvalue weighted by Crippen LogP contribution is -2.11. The topological polar surface area (TPSA) is 50.9 Å². The van der Waals surface area contributed by atoms with Gasteiger partial charge in [-0.1, -0.05) is 136 Å². The molecule has 0 aliphatic rings. The van der Waals surface area contributed by atoms with E-state index in [4.69, 9.17) is 18.7 Å². The van der Waals surface area contributed by atoms with Gasteiger partial charge in [-0.3, -0.25) is 9.55 Å². The Morgan fingerprint density at radius 2 is 1.32 bits per heavy atom. The maximum absolute atomic E-state index is 11.9. The molecule has 0 spiro atoms. The Bertz CT molecular complexity index is 3550. The number of benzene rings is 7. The highest BCUT2D eigenvalue weighted by molar-refractivity contribution is 5.98. The number of nitrogens with zero attached hydrogens (tertiary/aromatic N) is 3. The van der Waals surface area contributed by atoms with Crippen molar-refractivity contribution in [2.24, 2.45) is 0 Å². The molecule has 0 bridgehead atoms. The van der Waals surface area contributed by atoms with Crippen LogP contribution in [-0.4, -0.2) is 19.6 Å². The van der Waals surface area contributed by atoms with Crippen LogP contribution in [0.1, 0.15) is 58.1 Å². The third-order valence-electron chi connectivity index (χ3n) is 10.6. The van der Waals surface area contributed by atoms with Crippen molar-refractivity contribution >= 4 is 11.0 Å². The molecule has 9 rings (SSSR count). The molecule has 0 fully saturated rings. The van der Waals surface area contributed by atoms with Crippen LogP contribution in [0.4, 0.5) is 0 Å². The Labute approximate surface area is 362 Å². The number of rotatable bonds is 7. The van der Waals surface area contributed by atoms with Crippen molar-refractivity contribution in [3.63, 3.8) is 0 Å². The molecule has 4 nitrogen and oxygen atoms in total. The monoisotopic (exact) mass is 776 g/mol. The molecular weight excluding hydrogens is 719 g/mol. The van der Waals surface area contributed by atoms with Gasteiger partial charge in [0.25, 0.3) is 0 Å². The summed E-state index contributed by atoms with van der Waals surface area (Å²) < 4.78 is 97.7. The minimum Gasteiger partial charge on any atom is -0.507 e. The first-order valence-electron chi connectivity index (χ1n) is 24.9. The van der Waals surface area contributed by atoms with Gasteiger partial charge in [-0.2, -0.15) is 0 Å². The summed E-state index contributed by atoms with van der Waals surface area (Å²) in [5.74, 6) is 0.414. The number of aromatic hydroxyl groups is 1. The Kier molecular flexibility index (Phi) is 6.83. The number of aromatic nitrogens is 3. The van der Waals surface area contributed by atoms with Crippen molar-refractivity contribution in [3.05, 3.63) is 192 Å². The van der Waals surface area contributed by atoms with Crippen LogP contribution in [0.5, 0.6) is 5.75 Å². The largest absolute Gasteiger partial charge is 0.507 e. The van der Waals surface area contributed by atoms with E-state index < -0.39 is 54.7 Å². The van der Waals surface area contributed by atoms with Crippen LogP contribution in [0, 0.1) is 20.7 Å². The Morgan fingerprint density at radius 1 is 0.610 bits per heavy atom. The second kappa shape index (κ2) is 15.0. The summed E-state index contributed by atoms with van der Waals surface area (Å²) in [6, 6.07) is 33.7. The third-order valence-corrected chi connectivity index (χ3v) is 10.6. The van der Waals surface area contributed by atoms with Gasteiger partial charge >= 0.3 is 0 Å². The molecule has 0 unspecified atom stereocenters. The number of hydrogen-bond acceptors (Lipinski definition) is 3. The lowest BCUT2D eigenvalue weighted by atomic mass is 9.83. The molecule has 2 heterocycles. The molecule has 0 amide bonds. The standard InChI is InChI=1S/C55H47N3O/c1-35-27-37(3)53(59)48(28-35)54-57-52-45(42-30-43(32-44(31-42)55(4,5)6)49-33-41(25-26-56-49)38-17-10-7-11-18-38)23-16-24-50(52)58(54)51-34-46(39-19-12-8-13-20-39)36(2)29-47(51)40-21-14-9-15-22-40/h7-34,59H,1-6H3/i2D3,7D,10D,11D,17D,18D,25D,26D,33D. The van der Waals surface area contributed by atoms with Crippen LogP contribution >= 0.6 is 0 Å². The van der Waals surface area contributed by atoms with E-state index >= 15 is 0 Å². The molecule has 0 saturated carbocycles. The van der Waals surface area contributed by atoms with Crippen molar-refractivity contribution in [1.82, 2.24) is 14.5 Å². The van der Waals surface area contributed by atoms with E-state index in [-0.39, 0.29) is 34.2 Å². The van der Waals surface area contributed by atoms with Gasteiger partial charge in [0.1, 0.15) is 11.6 Å². The normalized spacial score (nSPS) is 14.5. The molecular formula is C55H47N3O. The second-order valence-electron chi connectivity index (χ2n) is 15.8. The molecule has 0 aliphatic heterocycles. The Morgan fingerprint density at radius 3 is 2.03 bits per heavy atom. The van der Waals surface area contributed by atoms with Crippen LogP contribution in [0.2, 0.25) is 0 Å². The van der Waals surface area contributed by atoms with Crippen molar-refractivity contribution in [1.29, 1.82) is 0 Å². The average Bonchev–Trinajstić information content (AvgIpc) is 3.72. The number of phenolic OH excluding ortho intramolecular Hbond substituents is 1. The number of pyridine rings is 1. The van der Waals surface area contributed by atoms with Crippen LogP contribution in [0.3, 0.4) is 0 Å². The fraction of sp³-hybridized carbons (Fsp3) is 0.127. The zero-order valence-corrected chi connectivity index (χ0v) is 33.3. The fourth-order valence-electron chi connectivity index (χ4n) is 7.67. The maximum Gasteiger partial charge on any atom is 0.149 e. The molecule has 0 atom stereocenters. The van der Waals surface area contributed by atoms with E-state index in [1.807, 2.05) is 148 Å². The average molecular weight is 777 g/mol. The van der Waals surface area contributed by atoms with E-state index in [2.05, 4.69) is 4.98 Å². The first-order valence-corrected chi connectivity index (χ1v) is 19.4. The summed E-state index contributed by atoms with van der Waals surface area (Å²) in [7, 11) is 0. The van der Waals surface area contributed by atoms with E-state index in [1.165, 1.54) is 0 Å². The molecule has 0 radical (unpaired) electrons. The highest BCUT2D eigenvalue weighted by Crippen LogP contribution is 2.44. The van der Waals surface area contributed by atoms with Gasteiger partial charge in [-0.25, -0.2) is 4.98 Å². The van der Waals surface area contributed by atoms with E-state index in [9.17, 15) is 6.48 Å². The predicted molar refractivity (Wildman–Crippen MR) is 246 cm³/mol. The maximum atomic E-state index is 11.9. The number of imidazole rings is 1. The van der Waals surface area contributed by atoms with Gasteiger partial charge in [-0.15, -0.1) is 0 Å². The van der Waals surface area contributed by atoms with Gasteiger partial charge in [-0.05, 0) is 130 Å². The summed E-state index contributed by atoms with van der Waals surface area (Å²) >= 11 is 0. The summed E-state index contributed by atoms with van der Waals surface area (Å²) in [4.78, 5) is 9.85. The summed E-state index contributed by atoms with van der Waals surface area (Å²) in [5, 5.41) is 11.9. The molecule has 59 heavy (non-hydrogen) atoms. The molecule has 0 saturated heterocycles. The fourth-order valence-corrected chi connectivity index (χ4v) is 7.67. The van der Waals surface area contributed by atoms with Crippen LogP contribution in [0.15, 0.2) is 170 Å². The van der Waals surface area contributed by atoms with Crippen molar-refractivity contribution in [3.8, 4) is 78.6 Å². The number of para-hydroxylation sites is 1. The predicted octanol–water partition coefficient (Wildman–Crippen LogP) is 14.4. The number of hydrogen-bond donors (Lipinski definition) is 1. The quantitative estimate of drug-likeness (QED) is 0.175. The third kappa shape index (κ3) is 7.12. The minimum absolute atomic E-state index is 0.0241. The van der Waals surface area contributed by atoms with E-state index in [0.29, 0.717) is 67.1 Å². The number of aryl methyl sites for hydroxylation is 3. The van der Waals surface area contributed by atoms with E-state index in [1.54, 1.807) is 12.1 Å². The summed E-state index contributed by atoms with van der Waals surface area (Å²) in [6.45, 7) is 7.36. The molecule has 288 valence electrons. The molecule has 1 N–H and O–H groups in total. The molecule has 9 aromatic rings. The molecule has 2 aromatic heterocycles. The van der Waals surface area contributed by atoms with Gasteiger partial charge in [0.15, 0.2) is 0 Å². The van der Waals surface area contributed by atoms with Crippen molar-refractivity contribution in [2.75, 3.05) is 0 Å². The summed E-state index contributed by atoms with van der Waals surface area (Å²) in [5.41, 5.74) is 7.78. The van der Waals surface area contributed by atoms with Crippen molar-refractivity contribution < 1.29 is 20.2 Å². The Balaban J connectivity index is 1.39. The van der Waals surface area contributed by atoms with Crippen LogP contribution < -0.4 is 0 Å². The van der Waals surface area contributed by atoms with Gasteiger partial charge < -0.3 is 5.11 Å². The first-order chi connectivity index (χ1) is 33.1. The lowest BCUT2D eigenvalue weighted by molar-refractivity contribution is 0.472.